The van der Waals surface area contributed by atoms with Crippen LogP contribution in [0.2, 0.25) is 5.02 Å². The summed E-state index contributed by atoms with van der Waals surface area (Å²) in [6.07, 6.45) is 4.05. The molecule has 6 heteroatoms. The Morgan fingerprint density at radius 3 is 3.04 bits per heavy atom. The lowest BCUT2D eigenvalue weighted by molar-refractivity contribution is -0.127. The van der Waals surface area contributed by atoms with Crippen LogP contribution in [0.25, 0.3) is 0 Å². The first-order chi connectivity index (χ1) is 11.6. The Labute approximate surface area is 145 Å². The molecule has 0 spiro atoms. The zero-order valence-corrected chi connectivity index (χ0v) is 14.3. The van der Waals surface area contributed by atoms with Crippen LogP contribution in [0.1, 0.15) is 41.8 Å². The van der Waals surface area contributed by atoms with Crippen LogP contribution in [0.5, 0.6) is 0 Å². The number of ether oxygens (including phenoxy) is 1. The van der Waals surface area contributed by atoms with Gasteiger partial charge in [0.1, 0.15) is 6.10 Å². The third-order valence-corrected chi connectivity index (χ3v) is 5.46. The number of halogens is 1. The van der Waals surface area contributed by atoms with Crippen LogP contribution >= 0.6 is 11.6 Å². The Hall–Kier alpha value is -1.85. The Morgan fingerprint density at radius 1 is 1.38 bits per heavy atom. The fraction of sp³-hybridized carbons (Fsp3) is 0.444. The van der Waals surface area contributed by atoms with E-state index >= 15 is 0 Å². The number of rotatable bonds is 3. The summed E-state index contributed by atoms with van der Waals surface area (Å²) in [6, 6.07) is 7.87. The van der Waals surface area contributed by atoms with E-state index in [0.29, 0.717) is 6.61 Å². The zero-order chi connectivity index (χ0) is 16.7. The van der Waals surface area contributed by atoms with Gasteiger partial charge < -0.3 is 10.1 Å². The maximum absolute atomic E-state index is 12.9. The summed E-state index contributed by atoms with van der Waals surface area (Å²) in [7, 11) is 1.88. The van der Waals surface area contributed by atoms with Crippen molar-refractivity contribution in [2.75, 3.05) is 6.61 Å². The summed E-state index contributed by atoms with van der Waals surface area (Å²) in [6.45, 7) is 0.598. The number of hydrogen-bond donors (Lipinski definition) is 1. The molecule has 1 N–H and O–H groups in total. The van der Waals surface area contributed by atoms with E-state index in [4.69, 9.17) is 16.3 Å². The maximum Gasteiger partial charge on any atom is 0.226 e. The molecule has 3 atom stereocenters. The third kappa shape index (κ3) is 2.62. The minimum atomic E-state index is -0.224. The highest BCUT2D eigenvalue weighted by molar-refractivity contribution is 6.31. The number of amides is 1. The van der Waals surface area contributed by atoms with E-state index in [9.17, 15) is 4.79 Å². The number of carbonyl (C=O) groups excluding carboxylic acids is 1. The van der Waals surface area contributed by atoms with Crippen molar-refractivity contribution in [3.05, 3.63) is 52.3 Å². The molecule has 1 aromatic heterocycles. The van der Waals surface area contributed by atoms with Crippen LogP contribution in [0.4, 0.5) is 0 Å². The molecule has 1 aliphatic heterocycles. The minimum absolute atomic E-state index is 0.0407. The molecular weight excluding hydrogens is 326 g/mol. The second-order valence-electron chi connectivity index (χ2n) is 6.47. The van der Waals surface area contributed by atoms with Crippen molar-refractivity contribution in [2.24, 2.45) is 13.0 Å². The first-order valence-corrected chi connectivity index (χ1v) is 8.70. The number of hydrogen-bond acceptors (Lipinski definition) is 3. The molecule has 2 aromatic rings. The smallest absolute Gasteiger partial charge is 0.226 e. The molecule has 0 saturated carbocycles. The van der Waals surface area contributed by atoms with Crippen molar-refractivity contribution in [1.29, 1.82) is 0 Å². The van der Waals surface area contributed by atoms with Gasteiger partial charge in [0, 0.05) is 24.9 Å². The van der Waals surface area contributed by atoms with Crippen LogP contribution in [-0.2, 0) is 23.0 Å². The molecule has 0 unspecified atom stereocenters. The normalized spacial score (nSPS) is 25.7. The molecule has 24 heavy (non-hydrogen) atoms. The van der Waals surface area contributed by atoms with Gasteiger partial charge in [-0.2, -0.15) is 5.10 Å². The van der Waals surface area contributed by atoms with E-state index in [2.05, 4.69) is 16.5 Å². The van der Waals surface area contributed by atoms with Gasteiger partial charge in [0.05, 0.1) is 17.7 Å². The number of fused-ring (bicyclic) bond motifs is 1. The summed E-state index contributed by atoms with van der Waals surface area (Å²) in [4.78, 5) is 12.9. The van der Waals surface area contributed by atoms with Crippen LogP contribution < -0.4 is 5.32 Å². The number of aryl methyl sites for hydroxylation is 1. The summed E-state index contributed by atoms with van der Waals surface area (Å²) in [5, 5.41) is 8.19. The van der Waals surface area contributed by atoms with Crippen LogP contribution in [0.3, 0.4) is 0 Å². The largest absolute Gasteiger partial charge is 0.371 e. The standard InChI is InChI=1S/C18H20ClN3O2/c1-22-16(7-9-20-22)17-13(8-10-24-17)18(23)21-15-6-5-11-12(15)3-2-4-14(11)19/h2-4,7,9,13,15,17H,5-6,8,10H2,1H3,(H,21,23)/t13-,15+,17-/m1/s1. The quantitative estimate of drug-likeness (QED) is 0.930. The number of carbonyl (C=O) groups is 1. The predicted octanol–water partition coefficient (Wildman–Crippen LogP) is 2.95. The van der Waals surface area contributed by atoms with Crippen LogP contribution in [0, 0.1) is 5.92 Å². The van der Waals surface area contributed by atoms with Gasteiger partial charge in [-0.3, -0.25) is 9.48 Å². The summed E-state index contributed by atoms with van der Waals surface area (Å²) < 4.78 is 7.60. The number of nitrogens with zero attached hydrogens (tertiary/aromatic N) is 2. The summed E-state index contributed by atoms with van der Waals surface area (Å²) in [5.41, 5.74) is 3.25. The molecule has 4 rings (SSSR count). The molecular formula is C18H20ClN3O2. The van der Waals surface area contributed by atoms with Crippen molar-refractivity contribution in [3.63, 3.8) is 0 Å². The second-order valence-corrected chi connectivity index (χ2v) is 6.88. The van der Waals surface area contributed by atoms with Crippen molar-refractivity contribution in [3.8, 4) is 0 Å². The SMILES string of the molecule is Cn1nccc1[C@@H]1OCC[C@H]1C(=O)N[C@H]1CCc2c(Cl)cccc21. The molecule has 2 heterocycles. The maximum atomic E-state index is 12.9. The van der Waals surface area contributed by atoms with E-state index in [1.165, 1.54) is 0 Å². The number of aromatic nitrogens is 2. The van der Waals surface area contributed by atoms with Crippen molar-refractivity contribution < 1.29 is 9.53 Å². The highest BCUT2D eigenvalue weighted by Gasteiger charge is 2.38. The minimum Gasteiger partial charge on any atom is -0.371 e. The van der Waals surface area contributed by atoms with E-state index in [1.54, 1.807) is 10.9 Å². The monoisotopic (exact) mass is 345 g/mol. The first-order valence-electron chi connectivity index (χ1n) is 8.32. The lowest BCUT2D eigenvalue weighted by atomic mass is 9.97. The summed E-state index contributed by atoms with van der Waals surface area (Å²) in [5.74, 6) is -0.125. The van der Waals surface area contributed by atoms with Crippen molar-refractivity contribution >= 4 is 17.5 Å². The van der Waals surface area contributed by atoms with E-state index < -0.39 is 0 Å². The molecule has 1 aromatic carbocycles. The molecule has 0 radical (unpaired) electrons. The fourth-order valence-corrected chi connectivity index (χ4v) is 4.13. The van der Waals surface area contributed by atoms with Crippen molar-refractivity contribution in [2.45, 2.75) is 31.4 Å². The van der Waals surface area contributed by atoms with Crippen LogP contribution in [0.15, 0.2) is 30.5 Å². The first kappa shape index (κ1) is 15.7. The van der Waals surface area contributed by atoms with E-state index in [-0.39, 0.29) is 24.0 Å². The molecule has 126 valence electrons. The van der Waals surface area contributed by atoms with Gasteiger partial charge in [-0.15, -0.1) is 0 Å². The molecule has 5 nitrogen and oxygen atoms in total. The Kier molecular flexibility index (Phi) is 4.06. The average Bonchev–Trinajstić information content (AvgIpc) is 3.27. The van der Waals surface area contributed by atoms with Gasteiger partial charge in [-0.1, -0.05) is 23.7 Å². The topological polar surface area (TPSA) is 56.2 Å². The van der Waals surface area contributed by atoms with Crippen molar-refractivity contribution in [1.82, 2.24) is 15.1 Å². The van der Waals surface area contributed by atoms with Gasteiger partial charge >= 0.3 is 0 Å². The molecule has 2 aliphatic rings. The highest BCUT2D eigenvalue weighted by Crippen LogP contribution is 2.38. The average molecular weight is 346 g/mol. The lowest BCUT2D eigenvalue weighted by Crippen LogP contribution is -2.34. The molecule has 1 aliphatic carbocycles. The summed E-state index contributed by atoms with van der Waals surface area (Å²) >= 11 is 6.26. The van der Waals surface area contributed by atoms with Gasteiger partial charge in [0.2, 0.25) is 5.91 Å². The third-order valence-electron chi connectivity index (χ3n) is 5.11. The molecule has 1 saturated heterocycles. The van der Waals surface area contributed by atoms with Gasteiger partial charge in [0.25, 0.3) is 0 Å². The molecule has 0 bridgehead atoms. The molecule has 1 amide bonds. The highest BCUT2D eigenvalue weighted by atomic mass is 35.5. The zero-order valence-electron chi connectivity index (χ0n) is 13.5. The predicted molar refractivity (Wildman–Crippen MR) is 90.7 cm³/mol. The fourth-order valence-electron chi connectivity index (χ4n) is 3.85. The van der Waals surface area contributed by atoms with Gasteiger partial charge in [-0.05, 0) is 42.5 Å². The van der Waals surface area contributed by atoms with E-state index in [0.717, 1.165) is 41.1 Å². The Morgan fingerprint density at radius 2 is 2.25 bits per heavy atom. The molecule has 1 fully saturated rings. The van der Waals surface area contributed by atoms with E-state index in [1.807, 2.05) is 25.2 Å². The van der Waals surface area contributed by atoms with Crippen LogP contribution in [-0.4, -0.2) is 22.3 Å². The lowest BCUT2D eigenvalue weighted by Gasteiger charge is -2.21. The number of benzene rings is 1. The second kappa shape index (κ2) is 6.22. The Balaban J connectivity index is 1.51. The van der Waals surface area contributed by atoms with Gasteiger partial charge in [-0.25, -0.2) is 0 Å². The Bertz CT molecular complexity index is 773. The number of nitrogens with one attached hydrogen (secondary N) is 1. The van der Waals surface area contributed by atoms with Gasteiger partial charge in [0.15, 0.2) is 0 Å².